The summed E-state index contributed by atoms with van der Waals surface area (Å²) in [5.74, 6) is -0.448. The standard InChI is InChI=1S/C11H11N3O2/c12-5-1-2-6-13-8-3-4-10-9(7-8)14-11(15)16-10/h3-4,7,13H,1-2,6H2,(H,14,15). The molecule has 0 fully saturated rings. The van der Waals surface area contributed by atoms with Crippen LogP contribution >= 0.6 is 0 Å². The monoisotopic (exact) mass is 217 g/mol. The van der Waals surface area contributed by atoms with Crippen LogP contribution in [-0.4, -0.2) is 11.5 Å². The largest absolute Gasteiger partial charge is 0.417 e. The predicted molar refractivity (Wildman–Crippen MR) is 60.2 cm³/mol. The van der Waals surface area contributed by atoms with Gasteiger partial charge in [0.15, 0.2) is 5.58 Å². The minimum absolute atomic E-state index is 0.448. The van der Waals surface area contributed by atoms with Crippen molar-refractivity contribution < 1.29 is 4.42 Å². The van der Waals surface area contributed by atoms with Crippen LogP contribution < -0.4 is 11.1 Å². The van der Waals surface area contributed by atoms with E-state index in [0.29, 0.717) is 17.5 Å². The number of hydrogen-bond acceptors (Lipinski definition) is 4. The molecule has 82 valence electrons. The molecular formula is C11H11N3O2. The van der Waals surface area contributed by atoms with E-state index >= 15 is 0 Å². The van der Waals surface area contributed by atoms with E-state index in [9.17, 15) is 4.79 Å². The molecule has 0 spiro atoms. The van der Waals surface area contributed by atoms with E-state index < -0.39 is 5.76 Å². The van der Waals surface area contributed by atoms with Gasteiger partial charge in [0.05, 0.1) is 11.6 Å². The molecule has 0 saturated carbocycles. The first-order valence-electron chi connectivity index (χ1n) is 5.03. The van der Waals surface area contributed by atoms with Crippen LogP contribution in [0.2, 0.25) is 0 Å². The van der Waals surface area contributed by atoms with Crippen molar-refractivity contribution in [3.05, 3.63) is 28.7 Å². The maximum Gasteiger partial charge on any atom is 0.417 e. The van der Waals surface area contributed by atoms with Crippen LogP contribution in [0.15, 0.2) is 27.4 Å². The number of hydrogen-bond donors (Lipinski definition) is 2. The third-order valence-electron chi connectivity index (χ3n) is 2.21. The van der Waals surface area contributed by atoms with Gasteiger partial charge in [0.2, 0.25) is 0 Å². The Morgan fingerprint density at radius 1 is 1.50 bits per heavy atom. The lowest BCUT2D eigenvalue weighted by atomic mass is 10.2. The molecule has 0 amide bonds. The highest BCUT2D eigenvalue weighted by Crippen LogP contribution is 2.15. The van der Waals surface area contributed by atoms with Crippen LogP contribution in [0.1, 0.15) is 12.8 Å². The lowest BCUT2D eigenvalue weighted by Crippen LogP contribution is -2.00. The number of anilines is 1. The number of fused-ring (bicyclic) bond motifs is 1. The third-order valence-corrected chi connectivity index (χ3v) is 2.21. The summed E-state index contributed by atoms with van der Waals surface area (Å²) < 4.78 is 4.88. The number of H-pyrrole nitrogens is 1. The van der Waals surface area contributed by atoms with Crippen molar-refractivity contribution in [3.8, 4) is 6.07 Å². The minimum atomic E-state index is -0.448. The Morgan fingerprint density at radius 2 is 2.38 bits per heavy atom. The molecule has 0 unspecified atom stereocenters. The molecule has 0 radical (unpaired) electrons. The molecule has 5 heteroatoms. The Hall–Kier alpha value is -2.22. The number of aromatic amines is 1. The quantitative estimate of drug-likeness (QED) is 0.765. The van der Waals surface area contributed by atoms with Gasteiger partial charge in [0.1, 0.15) is 0 Å². The fourth-order valence-corrected chi connectivity index (χ4v) is 1.46. The van der Waals surface area contributed by atoms with Crippen LogP contribution in [0, 0.1) is 11.3 Å². The Bertz CT molecular complexity index is 577. The summed E-state index contributed by atoms with van der Waals surface area (Å²) in [6.07, 6.45) is 1.34. The van der Waals surface area contributed by atoms with Crippen LogP contribution in [0.5, 0.6) is 0 Å². The normalized spacial score (nSPS) is 10.2. The zero-order valence-electron chi connectivity index (χ0n) is 8.62. The van der Waals surface area contributed by atoms with E-state index in [-0.39, 0.29) is 0 Å². The lowest BCUT2D eigenvalue weighted by molar-refractivity contribution is 0.555. The SMILES string of the molecule is N#CCCCNc1ccc2oc(=O)[nH]c2c1. The van der Waals surface area contributed by atoms with Crippen molar-refractivity contribution in [1.82, 2.24) is 4.98 Å². The van der Waals surface area contributed by atoms with Gasteiger partial charge in [0, 0.05) is 18.7 Å². The molecule has 2 aromatic rings. The maximum atomic E-state index is 10.9. The summed E-state index contributed by atoms with van der Waals surface area (Å²) >= 11 is 0. The number of nitriles is 1. The molecule has 5 nitrogen and oxygen atoms in total. The van der Waals surface area contributed by atoms with Crippen LogP contribution in [-0.2, 0) is 0 Å². The van der Waals surface area contributed by atoms with Gasteiger partial charge >= 0.3 is 5.76 Å². The number of nitrogens with one attached hydrogen (secondary N) is 2. The molecule has 2 N–H and O–H groups in total. The highest BCUT2D eigenvalue weighted by atomic mass is 16.4. The van der Waals surface area contributed by atoms with Crippen LogP contribution in [0.4, 0.5) is 5.69 Å². The Labute approximate surface area is 91.7 Å². The van der Waals surface area contributed by atoms with Crippen LogP contribution in [0.3, 0.4) is 0 Å². The Kier molecular flexibility index (Phi) is 2.92. The van der Waals surface area contributed by atoms with E-state index in [1.165, 1.54) is 0 Å². The number of oxazole rings is 1. The van der Waals surface area contributed by atoms with Gasteiger partial charge in [-0.1, -0.05) is 0 Å². The highest BCUT2D eigenvalue weighted by molar-refractivity contribution is 5.76. The van der Waals surface area contributed by atoms with Gasteiger partial charge < -0.3 is 9.73 Å². The first-order valence-corrected chi connectivity index (χ1v) is 5.03. The third kappa shape index (κ3) is 2.23. The fourth-order valence-electron chi connectivity index (χ4n) is 1.46. The highest BCUT2D eigenvalue weighted by Gasteiger charge is 2.01. The number of unbranched alkanes of at least 4 members (excludes halogenated alkanes) is 1. The smallest absolute Gasteiger partial charge is 0.408 e. The van der Waals surface area contributed by atoms with E-state index in [0.717, 1.165) is 18.7 Å². The second-order valence-corrected chi connectivity index (χ2v) is 3.41. The molecule has 0 aliphatic rings. The summed E-state index contributed by atoms with van der Waals surface area (Å²) in [6, 6.07) is 7.47. The summed E-state index contributed by atoms with van der Waals surface area (Å²) in [7, 11) is 0. The van der Waals surface area contributed by atoms with E-state index in [1.54, 1.807) is 6.07 Å². The summed E-state index contributed by atoms with van der Waals surface area (Å²) in [4.78, 5) is 13.5. The minimum Gasteiger partial charge on any atom is -0.408 e. The Morgan fingerprint density at radius 3 is 3.19 bits per heavy atom. The maximum absolute atomic E-state index is 10.9. The molecule has 0 aliphatic carbocycles. The van der Waals surface area contributed by atoms with Crippen LogP contribution in [0.25, 0.3) is 11.1 Å². The average Bonchev–Trinajstić information content (AvgIpc) is 2.64. The summed E-state index contributed by atoms with van der Waals surface area (Å²) in [5.41, 5.74) is 2.13. The summed E-state index contributed by atoms with van der Waals surface area (Å²) in [5, 5.41) is 11.5. The number of aromatic nitrogens is 1. The molecule has 1 aromatic heterocycles. The van der Waals surface area contributed by atoms with Gasteiger partial charge in [-0.25, -0.2) is 4.79 Å². The molecular weight excluding hydrogens is 206 g/mol. The van der Waals surface area contributed by atoms with Gasteiger partial charge in [-0.3, -0.25) is 4.98 Å². The lowest BCUT2D eigenvalue weighted by Gasteiger charge is -2.03. The molecule has 0 saturated heterocycles. The molecule has 0 aliphatic heterocycles. The van der Waals surface area contributed by atoms with E-state index in [4.69, 9.17) is 9.68 Å². The first kappa shape index (κ1) is 10.3. The zero-order valence-corrected chi connectivity index (χ0v) is 8.62. The first-order chi connectivity index (χ1) is 7.79. The molecule has 16 heavy (non-hydrogen) atoms. The average molecular weight is 217 g/mol. The van der Waals surface area contributed by atoms with Crippen molar-refractivity contribution in [2.75, 3.05) is 11.9 Å². The molecule has 1 heterocycles. The molecule has 1 aromatic carbocycles. The molecule has 2 rings (SSSR count). The fraction of sp³-hybridized carbons (Fsp3) is 0.273. The van der Waals surface area contributed by atoms with Gasteiger partial charge in [0.25, 0.3) is 0 Å². The van der Waals surface area contributed by atoms with Crippen molar-refractivity contribution >= 4 is 16.8 Å². The van der Waals surface area contributed by atoms with Crippen molar-refractivity contribution in [2.24, 2.45) is 0 Å². The molecule has 0 bridgehead atoms. The topological polar surface area (TPSA) is 81.8 Å². The second-order valence-electron chi connectivity index (χ2n) is 3.41. The summed E-state index contributed by atoms with van der Waals surface area (Å²) in [6.45, 7) is 0.737. The number of benzene rings is 1. The molecule has 0 atom stereocenters. The van der Waals surface area contributed by atoms with Crippen molar-refractivity contribution in [2.45, 2.75) is 12.8 Å². The van der Waals surface area contributed by atoms with Crippen molar-refractivity contribution in [3.63, 3.8) is 0 Å². The number of nitrogens with zero attached hydrogens (tertiary/aromatic N) is 1. The van der Waals surface area contributed by atoms with E-state index in [1.807, 2.05) is 12.1 Å². The van der Waals surface area contributed by atoms with Gasteiger partial charge in [-0.2, -0.15) is 5.26 Å². The van der Waals surface area contributed by atoms with Gasteiger partial charge in [-0.15, -0.1) is 0 Å². The predicted octanol–water partition coefficient (Wildman–Crippen LogP) is 1.84. The Balaban J connectivity index is 2.08. The van der Waals surface area contributed by atoms with Gasteiger partial charge in [-0.05, 0) is 24.6 Å². The van der Waals surface area contributed by atoms with E-state index in [2.05, 4.69) is 16.4 Å². The second kappa shape index (κ2) is 4.53. The zero-order chi connectivity index (χ0) is 11.4. The number of rotatable bonds is 4. The van der Waals surface area contributed by atoms with Crippen molar-refractivity contribution in [1.29, 1.82) is 5.26 Å².